The molecule has 0 unspecified atom stereocenters. The molecular weight excluding hydrogens is 320 g/mol. The molecule has 1 heterocycles. The van der Waals surface area contributed by atoms with Crippen molar-refractivity contribution < 1.29 is 17.3 Å². The fourth-order valence-corrected chi connectivity index (χ4v) is 3.91. The molecule has 7 heteroatoms. The Kier molecular flexibility index (Phi) is 5.04. The summed E-state index contributed by atoms with van der Waals surface area (Å²) in [6.45, 7) is 0.617. The van der Waals surface area contributed by atoms with Crippen LogP contribution in [0.5, 0.6) is 5.75 Å². The van der Waals surface area contributed by atoms with Crippen LogP contribution in [0, 0.1) is 0 Å². The summed E-state index contributed by atoms with van der Waals surface area (Å²) in [5, 5.41) is 0. The van der Waals surface area contributed by atoms with Crippen molar-refractivity contribution in [3.63, 3.8) is 0 Å². The average molecular weight is 333 g/mol. The molecule has 2 aromatic rings. The lowest BCUT2D eigenvalue weighted by atomic mass is 10.1. The van der Waals surface area contributed by atoms with Gasteiger partial charge in [-0.15, -0.1) is 11.3 Å². The molecule has 0 fully saturated rings. The van der Waals surface area contributed by atoms with Crippen molar-refractivity contribution in [1.29, 1.82) is 0 Å². The van der Waals surface area contributed by atoms with Gasteiger partial charge < -0.3 is 8.92 Å². The second kappa shape index (κ2) is 6.58. The standard InChI is InChI=1S/C13H13ClO4S2/c1-17-9-8-10-2-4-11(5-3-10)18-20(15,16)13-7-6-12(14)19-13/h2-7H,8-9H2,1H3. The Bertz CT molecular complexity index is 662. The number of thiophene rings is 1. The fourth-order valence-electron chi connectivity index (χ4n) is 1.53. The van der Waals surface area contributed by atoms with Gasteiger partial charge >= 0.3 is 10.1 Å². The lowest BCUT2D eigenvalue weighted by Crippen LogP contribution is -2.07. The van der Waals surface area contributed by atoms with E-state index in [2.05, 4.69) is 0 Å². The van der Waals surface area contributed by atoms with Crippen molar-refractivity contribution in [1.82, 2.24) is 0 Å². The number of hydrogen-bond acceptors (Lipinski definition) is 5. The fraction of sp³-hybridized carbons (Fsp3) is 0.231. The summed E-state index contributed by atoms with van der Waals surface area (Å²) in [5.41, 5.74) is 1.05. The van der Waals surface area contributed by atoms with Crippen LogP contribution in [0.4, 0.5) is 0 Å². The molecule has 1 aromatic heterocycles. The van der Waals surface area contributed by atoms with Gasteiger partial charge in [0.15, 0.2) is 4.21 Å². The van der Waals surface area contributed by atoms with Gasteiger partial charge in [0, 0.05) is 7.11 Å². The van der Waals surface area contributed by atoms with Gasteiger partial charge in [0.25, 0.3) is 0 Å². The zero-order valence-corrected chi connectivity index (χ0v) is 13.1. The highest BCUT2D eigenvalue weighted by Gasteiger charge is 2.19. The predicted octanol–water partition coefficient (Wildman–Crippen LogP) is 3.36. The zero-order chi connectivity index (χ0) is 14.6. The third kappa shape index (κ3) is 3.96. The van der Waals surface area contributed by atoms with Crippen LogP contribution in [0.3, 0.4) is 0 Å². The molecule has 0 aliphatic carbocycles. The Morgan fingerprint density at radius 3 is 2.40 bits per heavy atom. The van der Waals surface area contributed by atoms with Gasteiger partial charge in [-0.25, -0.2) is 0 Å². The zero-order valence-electron chi connectivity index (χ0n) is 10.7. The summed E-state index contributed by atoms with van der Waals surface area (Å²) in [7, 11) is -2.18. The molecule has 0 aliphatic heterocycles. The van der Waals surface area contributed by atoms with Gasteiger partial charge in [0.05, 0.1) is 10.9 Å². The highest BCUT2D eigenvalue weighted by molar-refractivity contribution is 7.89. The van der Waals surface area contributed by atoms with Crippen molar-refractivity contribution in [3.05, 3.63) is 46.3 Å². The molecular formula is C13H13ClO4S2. The normalized spacial score (nSPS) is 11.5. The lowest BCUT2D eigenvalue weighted by Gasteiger charge is -2.06. The molecule has 0 bridgehead atoms. The van der Waals surface area contributed by atoms with Crippen LogP contribution in [-0.4, -0.2) is 22.1 Å². The number of hydrogen-bond donors (Lipinski definition) is 0. The van der Waals surface area contributed by atoms with E-state index in [0.717, 1.165) is 23.3 Å². The second-order valence-corrected chi connectivity index (χ2v) is 7.47. The van der Waals surface area contributed by atoms with E-state index in [4.69, 9.17) is 20.5 Å². The monoisotopic (exact) mass is 332 g/mol. The SMILES string of the molecule is COCCc1ccc(OS(=O)(=O)c2ccc(Cl)s2)cc1. The van der Waals surface area contributed by atoms with Crippen LogP contribution in [0.2, 0.25) is 4.34 Å². The van der Waals surface area contributed by atoms with E-state index in [1.54, 1.807) is 19.2 Å². The molecule has 0 aliphatic rings. The minimum atomic E-state index is -3.81. The maximum Gasteiger partial charge on any atom is 0.348 e. The first-order valence-electron chi connectivity index (χ1n) is 5.79. The van der Waals surface area contributed by atoms with Gasteiger partial charge in [-0.3, -0.25) is 0 Å². The first-order chi connectivity index (χ1) is 9.51. The third-order valence-electron chi connectivity index (χ3n) is 2.52. The Hall–Kier alpha value is -1.08. The summed E-state index contributed by atoms with van der Waals surface area (Å²) >= 11 is 6.69. The number of ether oxygens (including phenoxy) is 1. The van der Waals surface area contributed by atoms with Gasteiger partial charge in [-0.1, -0.05) is 23.7 Å². The smallest absolute Gasteiger partial charge is 0.348 e. The van der Waals surface area contributed by atoms with E-state index in [9.17, 15) is 8.42 Å². The van der Waals surface area contributed by atoms with Crippen LogP contribution in [0.25, 0.3) is 0 Å². The molecule has 2 rings (SSSR count). The highest BCUT2D eigenvalue weighted by Crippen LogP contribution is 2.28. The van der Waals surface area contributed by atoms with E-state index in [-0.39, 0.29) is 9.96 Å². The molecule has 20 heavy (non-hydrogen) atoms. The van der Waals surface area contributed by atoms with Crippen molar-refractivity contribution >= 4 is 33.1 Å². The Labute approximate surface area is 127 Å². The number of halogens is 1. The summed E-state index contributed by atoms with van der Waals surface area (Å²) in [6, 6.07) is 9.82. The molecule has 0 saturated carbocycles. The van der Waals surface area contributed by atoms with Gasteiger partial charge in [0.2, 0.25) is 0 Å². The molecule has 0 saturated heterocycles. The molecule has 0 N–H and O–H groups in total. The first-order valence-corrected chi connectivity index (χ1v) is 8.39. The Morgan fingerprint density at radius 1 is 1.15 bits per heavy atom. The molecule has 0 amide bonds. The average Bonchev–Trinajstić information content (AvgIpc) is 2.85. The van der Waals surface area contributed by atoms with Crippen LogP contribution >= 0.6 is 22.9 Å². The summed E-state index contributed by atoms with van der Waals surface area (Å²) in [4.78, 5) is 0. The van der Waals surface area contributed by atoms with Gasteiger partial charge in [-0.2, -0.15) is 8.42 Å². The minimum absolute atomic E-state index is 0.0889. The van der Waals surface area contributed by atoms with Gasteiger partial charge in [-0.05, 0) is 36.2 Å². The maximum absolute atomic E-state index is 12.0. The molecule has 0 atom stereocenters. The lowest BCUT2D eigenvalue weighted by molar-refractivity contribution is 0.202. The molecule has 0 spiro atoms. The molecule has 4 nitrogen and oxygen atoms in total. The quantitative estimate of drug-likeness (QED) is 0.761. The Morgan fingerprint density at radius 2 is 1.85 bits per heavy atom. The van der Waals surface area contributed by atoms with Crippen molar-refractivity contribution in [3.8, 4) is 5.75 Å². The third-order valence-corrected chi connectivity index (χ3v) is 5.45. The second-order valence-electron chi connectivity index (χ2n) is 3.98. The number of rotatable bonds is 6. The summed E-state index contributed by atoms with van der Waals surface area (Å²) in [6.07, 6.45) is 0.768. The minimum Gasteiger partial charge on any atom is -0.384 e. The first kappa shape index (κ1) is 15.3. The van der Waals surface area contributed by atoms with E-state index >= 15 is 0 Å². The number of benzene rings is 1. The van der Waals surface area contributed by atoms with Crippen LogP contribution < -0.4 is 4.18 Å². The summed E-state index contributed by atoms with van der Waals surface area (Å²) < 4.78 is 34.5. The van der Waals surface area contributed by atoms with Crippen LogP contribution in [-0.2, 0) is 21.3 Å². The van der Waals surface area contributed by atoms with Crippen molar-refractivity contribution in [2.75, 3.05) is 13.7 Å². The van der Waals surface area contributed by atoms with Crippen LogP contribution in [0.15, 0.2) is 40.6 Å². The number of methoxy groups -OCH3 is 1. The van der Waals surface area contributed by atoms with E-state index in [0.29, 0.717) is 10.9 Å². The van der Waals surface area contributed by atoms with Crippen molar-refractivity contribution in [2.24, 2.45) is 0 Å². The van der Waals surface area contributed by atoms with Crippen LogP contribution in [0.1, 0.15) is 5.56 Å². The maximum atomic E-state index is 12.0. The molecule has 0 radical (unpaired) electrons. The van der Waals surface area contributed by atoms with E-state index in [1.807, 2.05) is 12.1 Å². The Balaban J connectivity index is 2.09. The molecule has 108 valence electrons. The largest absolute Gasteiger partial charge is 0.384 e. The topological polar surface area (TPSA) is 52.6 Å². The van der Waals surface area contributed by atoms with E-state index < -0.39 is 10.1 Å². The highest BCUT2D eigenvalue weighted by atomic mass is 35.5. The summed E-state index contributed by atoms with van der Waals surface area (Å²) in [5.74, 6) is 0.274. The van der Waals surface area contributed by atoms with Crippen molar-refractivity contribution in [2.45, 2.75) is 10.6 Å². The van der Waals surface area contributed by atoms with E-state index in [1.165, 1.54) is 12.1 Å². The predicted molar refractivity (Wildman–Crippen MR) is 79.2 cm³/mol. The van der Waals surface area contributed by atoms with Gasteiger partial charge in [0.1, 0.15) is 5.75 Å². The molecule has 1 aromatic carbocycles.